The number of nitrogens with zero attached hydrogens (tertiary/aromatic N) is 3. The molecule has 0 atom stereocenters. The van der Waals surface area contributed by atoms with Gasteiger partial charge in [-0.05, 0) is 65.1 Å². The molecule has 0 saturated carbocycles. The van der Waals surface area contributed by atoms with Crippen molar-refractivity contribution in [2.45, 2.75) is 52.4 Å². The van der Waals surface area contributed by atoms with Crippen molar-refractivity contribution in [2.24, 2.45) is 0 Å². The molecule has 0 aliphatic heterocycles. The number of rotatable bonds is 3. The fourth-order valence-electron chi connectivity index (χ4n) is 9.09. The Labute approximate surface area is 358 Å². The van der Waals surface area contributed by atoms with Crippen LogP contribution in [0.3, 0.4) is 0 Å². The summed E-state index contributed by atoms with van der Waals surface area (Å²) in [4.78, 5) is 14.9. The fourth-order valence-corrected chi connectivity index (χ4v) is 10.0. The maximum Gasteiger partial charge on any atom is 0.0763 e. The quantitative estimate of drug-likeness (QED) is 0.166. The summed E-state index contributed by atoms with van der Waals surface area (Å²) >= 11 is 1.74. The van der Waals surface area contributed by atoms with Gasteiger partial charge >= 0.3 is 0 Å². The third-order valence-electron chi connectivity index (χ3n) is 12.1. The van der Waals surface area contributed by atoms with E-state index in [2.05, 4.69) is 181 Å². The summed E-state index contributed by atoms with van der Waals surface area (Å²) in [7, 11) is 0. The average molecular weight is 944 g/mol. The van der Waals surface area contributed by atoms with Crippen molar-refractivity contribution in [3.05, 3.63) is 185 Å². The molecule has 285 valence electrons. The molecule has 1 radical (unpaired) electrons. The molecule has 58 heavy (non-hydrogen) atoms. The number of thiazole rings is 1. The second-order valence-corrected chi connectivity index (χ2v) is 17.4. The summed E-state index contributed by atoms with van der Waals surface area (Å²) < 4.78 is 1.23. The zero-order chi connectivity index (χ0) is 39.1. The molecular formula is C53H41IrN3S-2. The molecule has 9 aromatic rings. The van der Waals surface area contributed by atoms with Crippen molar-refractivity contribution in [3.8, 4) is 55.5 Å². The van der Waals surface area contributed by atoms with Crippen LogP contribution in [0.2, 0.25) is 0 Å². The maximum absolute atomic E-state index is 5.14. The van der Waals surface area contributed by atoms with E-state index in [0.717, 1.165) is 44.1 Å². The van der Waals surface area contributed by atoms with Gasteiger partial charge in [-0.1, -0.05) is 147 Å². The van der Waals surface area contributed by atoms with Gasteiger partial charge in [-0.15, -0.1) is 58.7 Å². The Kier molecular flexibility index (Phi) is 9.40. The van der Waals surface area contributed by atoms with Crippen LogP contribution >= 0.6 is 11.3 Å². The van der Waals surface area contributed by atoms with Crippen LogP contribution in [0.4, 0.5) is 0 Å². The van der Waals surface area contributed by atoms with E-state index < -0.39 is 0 Å². The first kappa shape index (κ1) is 38.0. The second-order valence-electron chi connectivity index (χ2n) is 16.4. The Morgan fingerprint density at radius 2 is 1.03 bits per heavy atom. The monoisotopic (exact) mass is 944 g/mol. The molecule has 11 rings (SSSR count). The van der Waals surface area contributed by atoms with Crippen LogP contribution in [0.1, 0.15) is 61.1 Å². The molecule has 0 unspecified atom stereocenters. The summed E-state index contributed by atoms with van der Waals surface area (Å²) in [5.41, 5.74) is 19.3. The van der Waals surface area contributed by atoms with Crippen LogP contribution in [0.25, 0.3) is 76.6 Å². The van der Waals surface area contributed by atoms with Gasteiger partial charge < -0.3 is 0 Å². The number of hydrogen-bond donors (Lipinski definition) is 0. The summed E-state index contributed by atoms with van der Waals surface area (Å²) in [6.45, 7) is 13.5. The van der Waals surface area contributed by atoms with Crippen molar-refractivity contribution in [2.75, 3.05) is 0 Å². The number of fused-ring (bicyclic) bond motifs is 8. The minimum Gasteiger partial charge on any atom is -0.285 e. The Balaban J connectivity index is 0.000000155. The second kappa shape index (κ2) is 14.4. The Morgan fingerprint density at radius 3 is 1.67 bits per heavy atom. The Morgan fingerprint density at radius 1 is 0.500 bits per heavy atom. The third kappa shape index (κ3) is 6.07. The number of para-hydroxylation sites is 2. The van der Waals surface area contributed by atoms with Gasteiger partial charge in [0, 0.05) is 40.8 Å². The zero-order valence-electron chi connectivity index (χ0n) is 33.4. The molecule has 0 N–H and O–H groups in total. The maximum atomic E-state index is 5.14. The Bertz CT molecular complexity index is 3010. The van der Waals surface area contributed by atoms with E-state index in [1.165, 1.54) is 65.9 Å². The van der Waals surface area contributed by atoms with Gasteiger partial charge in [0.1, 0.15) is 0 Å². The minimum atomic E-state index is -0.0674. The predicted molar refractivity (Wildman–Crippen MR) is 238 cm³/mol. The van der Waals surface area contributed by atoms with Crippen molar-refractivity contribution in [3.63, 3.8) is 0 Å². The predicted octanol–water partition coefficient (Wildman–Crippen LogP) is 13.8. The minimum absolute atomic E-state index is 0. The standard InChI is InChI=1S/C31H25N2.C22H16NS.Ir/c1-19-10-9-11-20(2)28(19)29-24-13-6-8-15-27(24)32-30(33-29)21-16-17-23-22-12-5-7-14-25(22)31(3,4)26(23)18-21;1-22(2)17-8-4-3-7-15(17)16-12-11-14(13-18(16)22)21-23-19-9-5-6-10-20(19)24-21;/h5-15,17-18H,1-4H3;3-10,12-13H,1-2H3;/q2*-1;. The van der Waals surface area contributed by atoms with Crippen LogP contribution in [0.15, 0.2) is 140 Å². The zero-order valence-corrected chi connectivity index (χ0v) is 36.6. The van der Waals surface area contributed by atoms with E-state index in [1.54, 1.807) is 11.3 Å². The molecule has 2 aliphatic carbocycles. The molecule has 0 saturated heterocycles. The topological polar surface area (TPSA) is 38.7 Å². The molecule has 2 aliphatic rings. The molecule has 0 amide bonds. The molecule has 0 spiro atoms. The molecule has 0 bridgehead atoms. The van der Waals surface area contributed by atoms with Crippen molar-refractivity contribution in [1.29, 1.82) is 0 Å². The van der Waals surface area contributed by atoms with E-state index in [1.807, 2.05) is 12.1 Å². The van der Waals surface area contributed by atoms with E-state index in [-0.39, 0.29) is 30.9 Å². The molecule has 3 nitrogen and oxygen atoms in total. The number of benzene rings is 7. The van der Waals surface area contributed by atoms with E-state index in [0.29, 0.717) is 0 Å². The molecule has 2 heterocycles. The van der Waals surface area contributed by atoms with Crippen LogP contribution in [0.5, 0.6) is 0 Å². The van der Waals surface area contributed by atoms with E-state index >= 15 is 0 Å². The first-order valence-corrected chi connectivity index (χ1v) is 20.4. The van der Waals surface area contributed by atoms with Gasteiger partial charge in [0.15, 0.2) is 0 Å². The normalized spacial score (nSPS) is 13.8. The molecule has 7 aromatic carbocycles. The van der Waals surface area contributed by atoms with Crippen molar-refractivity contribution in [1.82, 2.24) is 15.0 Å². The van der Waals surface area contributed by atoms with Crippen LogP contribution in [0, 0.1) is 26.0 Å². The van der Waals surface area contributed by atoms with Crippen molar-refractivity contribution < 1.29 is 20.1 Å². The summed E-state index contributed by atoms with van der Waals surface area (Å²) in [5.74, 6) is 0.723. The SMILES string of the molecule is CC1(C)c2ccccc2-c2c[c-]c(-c3nc4ccccc4s3)cc21.Cc1cccc(C)c1-c1nc(-c2[c-]cc3c(c2)C(C)(C)c2ccccc2-3)nc2ccccc12.[Ir]. The Hall–Kier alpha value is -5.58. The number of hydrogen-bond acceptors (Lipinski definition) is 4. The molecule has 5 heteroatoms. The summed E-state index contributed by atoms with van der Waals surface area (Å²) in [6.07, 6.45) is 0. The van der Waals surface area contributed by atoms with Crippen LogP contribution in [-0.2, 0) is 30.9 Å². The van der Waals surface area contributed by atoms with Gasteiger partial charge in [0.2, 0.25) is 0 Å². The van der Waals surface area contributed by atoms with E-state index in [4.69, 9.17) is 15.0 Å². The average Bonchev–Trinajstić information content (AvgIpc) is 3.84. The molecular weight excluding hydrogens is 903 g/mol. The number of aryl methyl sites for hydroxylation is 2. The van der Waals surface area contributed by atoms with Crippen LogP contribution in [-0.4, -0.2) is 15.0 Å². The van der Waals surface area contributed by atoms with E-state index in [9.17, 15) is 0 Å². The van der Waals surface area contributed by atoms with Crippen LogP contribution < -0.4 is 0 Å². The van der Waals surface area contributed by atoms with Gasteiger partial charge in [-0.3, -0.25) is 15.0 Å². The first-order valence-electron chi connectivity index (χ1n) is 19.6. The summed E-state index contributed by atoms with van der Waals surface area (Å²) in [5, 5.41) is 2.12. The summed E-state index contributed by atoms with van der Waals surface area (Å²) in [6, 6.07) is 56.2. The number of aromatic nitrogens is 3. The van der Waals surface area contributed by atoms with Crippen molar-refractivity contribution >= 4 is 32.5 Å². The smallest absolute Gasteiger partial charge is 0.0763 e. The van der Waals surface area contributed by atoms with Gasteiger partial charge in [0.25, 0.3) is 0 Å². The van der Waals surface area contributed by atoms with Gasteiger partial charge in [0.05, 0.1) is 22.6 Å². The third-order valence-corrected chi connectivity index (χ3v) is 13.2. The largest absolute Gasteiger partial charge is 0.285 e. The molecule has 0 fully saturated rings. The van der Waals surface area contributed by atoms with Gasteiger partial charge in [-0.2, -0.15) is 11.3 Å². The molecule has 2 aromatic heterocycles. The first-order chi connectivity index (χ1) is 27.6. The van der Waals surface area contributed by atoms with Gasteiger partial charge in [-0.25, -0.2) is 0 Å². The fraction of sp³-hybridized carbons (Fsp3) is 0.151.